The number of rotatable bonds is 2. The molecule has 14 heavy (non-hydrogen) atoms. The smallest absolute Gasteiger partial charge is 0.183 e. The number of hydrogen-bond donors (Lipinski definition) is 3. The SMILES string of the molecule is Nc1ncnc2nc(/C=C/CO)[nH]c12. The molecule has 0 fully saturated rings. The van der Waals surface area contributed by atoms with Gasteiger partial charge in [-0.15, -0.1) is 0 Å². The van der Waals surface area contributed by atoms with Gasteiger partial charge >= 0.3 is 0 Å². The maximum atomic E-state index is 8.58. The van der Waals surface area contributed by atoms with Crippen LogP contribution in [0, 0.1) is 0 Å². The first-order valence-corrected chi connectivity index (χ1v) is 4.05. The van der Waals surface area contributed by atoms with Crippen LogP contribution in [0.2, 0.25) is 0 Å². The van der Waals surface area contributed by atoms with E-state index in [2.05, 4.69) is 19.9 Å². The van der Waals surface area contributed by atoms with Gasteiger partial charge in [-0.3, -0.25) is 0 Å². The molecule has 4 N–H and O–H groups in total. The summed E-state index contributed by atoms with van der Waals surface area (Å²) in [6.45, 7) is -0.0296. The zero-order chi connectivity index (χ0) is 9.97. The Bertz CT molecular complexity index is 476. The Hall–Kier alpha value is -1.95. The number of aromatic amines is 1. The predicted octanol–water partition coefficient (Wildman–Crippen LogP) is -0.0594. The summed E-state index contributed by atoms with van der Waals surface area (Å²) in [5.74, 6) is 0.965. The van der Waals surface area contributed by atoms with Crippen molar-refractivity contribution in [2.24, 2.45) is 0 Å². The van der Waals surface area contributed by atoms with E-state index >= 15 is 0 Å². The highest BCUT2D eigenvalue weighted by molar-refractivity contribution is 5.82. The Labute approximate surface area is 79.5 Å². The van der Waals surface area contributed by atoms with Crippen LogP contribution < -0.4 is 5.73 Å². The molecule has 2 aromatic heterocycles. The minimum atomic E-state index is -0.0296. The van der Waals surface area contributed by atoms with Crippen molar-refractivity contribution in [2.45, 2.75) is 0 Å². The second-order valence-corrected chi connectivity index (χ2v) is 2.66. The molecule has 0 bridgehead atoms. The van der Waals surface area contributed by atoms with Gasteiger partial charge in [-0.2, -0.15) is 0 Å². The van der Waals surface area contributed by atoms with Gasteiger partial charge in [0.15, 0.2) is 11.5 Å². The van der Waals surface area contributed by atoms with E-state index in [1.54, 1.807) is 12.2 Å². The molecule has 2 heterocycles. The molecule has 0 unspecified atom stereocenters. The number of nitrogens with two attached hydrogens (primary N) is 1. The zero-order valence-electron chi connectivity index (χ0n) is 7.31. The molecule has 0 saturated carbocycles. The molecule has 0 aliphatic heterocycles. The summed E-state index contributed by atoms with van der Waals surface area (Å²) in [6, 6.07) is 0. The van der Waals surface area contributed by atoms with Crippen LogP contribution in [0.4, 0.5) is 5.82 Å². The Balaban J connectivity index is 2.51. The second-order valence-electron chi connectivity index (χ2n) is 2.66. The molecule has 0 atom stereocenters. The lowest BCUT2D eigenvalue weighted by molar-refractivity contribution is 0.343. The fraction of sp³-hybridized carbons (Fsp3) is 0.125. The lowest BCUT2D eigenvalue weighted by Crippen LogP contribution is -1.91. The van der Waals surface area contributed by atoms with Crippen LogP contribution >= 0.6 is 0 Å². The summed E-state index contributed by atoms with van der Waals surface area (Å²) >= 11 is 0. The Morgan fingerprint density at radius 3 is 3.07 bits per heavy atom. The van der Waals surface area contributed by atoms with Crippen molar-refractivity contribution in [3.8, 4) is 0 Å². The fourth-order valence-corrected chi connectivity index (χ4v) is 1.11. The topological polar surface area (TPSA) is 101 Å². The minimum Gasteiger partial charge on any atom is -0.392 e. The van der Waals surface area contributed by atoms with Crippen molar-refractivity contribution in [1.29, 1.82) is 0 Å². The number of nitrogens with one attached hydrogen (secondary N) is 1. The molecule has 2 aromatic rings. The molecular formula is C8H9N5O. The third-order valence-corrected chi connectivity index (χ3v) is 1.72. The number of fused-ring (bicyclic) bond motifs is 1. The summed E-state index contributed by atoms with van der Waals surface area (Å²) < 4.78 is 0. The molecule has 0 aromatic carbocycles. The highest BCUT2D eigenvalue weighted by atomic mass is 16.2. The number of nitrogens with zero attached hydrogens (tertiary/aromatic N) is 3. The number of hydrogen-bond acceptors (Lipinski definition) is 5. The van der Waals surface area contributed by atoms with Crippen LogP contribution in [0.5, 0.6) is 0 Å². The second kappa shape index (κ2) is 3.43. The van der Waals surface area contributed by atoms with Crippen LogP contribution in [0.25, 0.3) is 17.2 Å². The van der Waals surface area contributed by atoms with Crippen LogP contribution in [0.15, 0.2) is 12.4 Å². The zero-order valence-corrected chi connectivity index (χ0v) is 7.31. The molecule has 0 amide bonds. The van der Waals surface area contributed by atoms with Gasteiger partial charge in [0.25, 0.3) is 0 Å². The van der Waals surface area contributed by atoms with Gasteiger partial charge < -0.3 is 15.8 Å². The van der Waals surface area contributed by atoms with Gasteiger partial charge in [0, 0.05) is 0 Å². The summed E-state index contributed by atoms with van der Waals surface area (Å²) in [5, 5.41) is 8.58. The number of imidazole rings is 1. The number of anilines is 1. The summed E-state index contributed by atoms with van der Waals surface area (Å²) in [6.07, 6.45) is 4.58. The summed E-state index contributed by atoms with van der Waals surface area (Å²) in [4.78, 5) is 14.8. The highest BCUT2D eigenvalue weighted by Gasteiger charge is 2.04. The third-order valence-electron chi connectivity index (χ3n) is 1.72. The molecule has 6 nitrogen and oxygen atoms in total. The number of H-pyrrole nitrogens is 1. The van der Waals surface area contributed by atoms with E-state index in [9.17, 15) is 0 Å². The van der Waals surface area contributed by atoms with Crippen molar-refractivity contribution < 1.29 is 5.11 Å². The molecule has 0 radical (unpaired) electrons. The van der Waals surface area contributed by atoms with E-state index in [1.807, 2.05) is 0 Å². The van der Waals surface area contributed by atoms with Crippen LogP contribution in [0.3, 0.4) is 0 Å². The maximum Gasteiger partial charge on any atom is 0.183 e. The molecule has 0 aliphatic rings. The molecule has 72 valence electrons. The van der Waals surface area contributed by atoms with Crippen molar-refractivity contribution in [2.75, 3.05) is 12.3 Å². The van der Waals surface area contributed by atoms with Gasteiger partial charge in [0.05, 0.1) is 6.61 Å². The monoisotopic (exact) mass is 191 g/mol. The normalized spacial score (nSPS) is 11.5. The first kappa shape index (κ1) is 8.64. The Kier molecular flexibility index (Phi) is 2.11. The van der Waals surface area contributed by atoms with Gasteiger partial charge in [-0.1, -0.05) is 6.08 Å². The number of aromatic nitrogens is 4. The minimum absolute atomic E-state index is 0.0296. The van der Waals surface area contributed by atoms with Crippen LogP contribution in [0.1, 0.15) is 5.82 Å². The van der Waals surface area contributed by atoms with E-state index < -0.39 is 0 Å². The molecule has 2 rings (SSSR count). The lowest BCUT2D eigenvalue weighted by atomic mass is 10.5. The predicted molar refractivity (Wildman–Crippen MR) is 52.2 cm³/mol. The Morgan fingerprint density at radius 1 is 1.50 bits per heavy atom. The molecule has 0 aliphatic carbocycles. The van der Waals surface area contributed by atoms with Gasteiger partial charge in [0.1, 0.15) is 17.7 Å². The molecular weight excluding hydrogens is 182 g/mol. The number of aliphatic hydroxyl groups excluding tert-OH is 1. The average Bonchev–Trinajstić information content (AvgIpc) is 2.59. The van der Waals surface area contributed by atoms with Crippen LogP contribution in [-0.4, -0.2) is 31.6 Å². The van der Waals surface area contributed by atoms with Gasteiger partial charge in [-0.25, -0.2) is 15.0 Å². The first-order chi connectivity index (χ1) is 6.81. The fourth-order valence-electron chi connectivity index (χ4n) is 1.11. The van der Waals surface area contributed by atoms with Crippen molar-refractivity contribution in [1.82, 2.24) is 19.9 Å². The average molecular weight is 191 g/mol. The summed E-state index contributed by atoms with van der Waals surface area (Å²) in [7, 11) is 0. The standard InChI is InChI=1S/C8H9N5O/c9-7-6-8(11-4-10-7)13-5(12-6)2-1-3-14/h1-2,4,14H,3H2,(H3,9,10,11,12,13)/b2-1+. The molecule has 0 spiro atoms. The maximum absolute atomic E-state index is 8.58. The highest BCUT2D eigenvalue weighted by Crippen LogP contribution is 2.13. The van der Waals surface area contributed by atoms with E-state index in [1.165, 1.54) is 6.33 Å². The molecule has 6 heteroatoms. The first-order valence-electron chi connectivity index (χ1n) is 4.05. The van der Waals surface area contributed by atoms with Gasteiger partial charge in [-0.05, 0) is 6.08 Å². The van der Waals surface area contributed by atoms with E-state index in [0.717, 1.165) is 0 Å². The quantitative estimate of drug-likeness (QED) is 0.617. The number of nitrogen functional groups attached to an aromatic ring is 1. The van der Waals surface area contributed by atoms with Crippen molar-refractivity contribution in [3.05, 3.63) is 18.2 Å². The van der Waals surface area contributed by atoms with E-state index in [0.29, 0.717) is 22.8 Å². The van der Waals surface area contributed by atoms with Crippen LogP contribution in [-0.2, 0) is 0 Å². The van der Waals surface area contributed by atoms with Crippen molar-refractivity contribution >= 4 is 23.1 Å². The largest absolute Gasteiger partial charge is 0.392 e. The van der Waals surface area contributed by atoms with Gasteiger partial charge in [0.2, 0.25) is 0 Å². The lowest BCUT2D eigenvalue weighted by Gasteiger charge is -1.89. The molecule has 0 saturated heterocycles. The Morgan fingerprint density at radius 2 is 2.36 bits per heavy atom. The third kappa shape index (κ3) is 1.42. The number of aliphatic hydroxyl groups is 1. The van der Waals surface area contributed by atoms with E-state index in [4.69, 9.17) is 10.8 Å². The van der Waals surface area contributed by atoms with Crippen molar-refractivity contribution in [3.63, 3.8) is 0 Å². The van der Waals surface area contributed by atoms with E-state index in [-0.39, 0.29) is 6.61 Å². The summed E-state index contributed by atoms with van der Waals surface area (Å²) in [5.41, 5.74) is 6.74.